The molecule has 2 heterocycles. The Bertz CT molecular complexity index is 990. The maximum absolute atomic E-state index is 13.0. The molecule has 6 heteroatoms. The van der Waals surface area contributed by atoms with Gasteiger partial charge in [-0.25, -0.2) is 4.98 Å². The molecule has 3 aromatic rings. The predicted octanol–water partition coefficient (Wildman–Crippen LogP) is 3.64. The Labute approximate surface area is 171 Å². The van der Waals surface area contributed by atoms with Gasteiger partial charge in [0.25, 0.3) is 5.91 Å². The van der Waals surface area contributed by atoms with Crippen molar-refractivity contribution in [2.75, 3.05) is 27.2 Å². The molecule has 1 saturated carbocycles. The Hall–Kier alpha value is -2.86. The van der Waals surface area contributed by atoms with Crippen molar-refractivity contribution in [3.05, 3.63) is 65.7 Å². The van der Waals surface area contributed by atoms with Crippen molar-refractivity contribution in [2.45, 2.75) is 31.7 Å². The molecular weight excluding hydrogens is 364 g/mol. The van der Waals surface area contributed by atoms with Crippen molar-refractivity contribution in [2.24, 2.45) is 0 Å². The van der Waals surface area contributed by atoms with Gasteiger partial charge >= 0.3 is 0 Å². The summed E-state index contributed by atoms with van der Waals surface area (Å²) < 4.78 is 7.59. The zero-order valence-electron chi connectivity index (χ0n) is 17.3. The first-order chi connectivity index (χ1) is 14.1. The van der Waals surface area contributed by atoms with Crippen molar-refractivity contribution in [3.8, 4) is 5.75 Å². The van der Waals surface area contributed by atoms with Crippen LogP contribution in [0.2, 0.25) is 0 Å². The number of amides is 1. The summed E-state index contributed by atoms with van der Waals surface area (Å²) in [6.07, 6.45) is 4.29. The van der Waals surface area contributed by atoms with Gasteiger partial charge in [-0.1, -0.05) is 18.2 Å². The maximum Gasteiger partial charge on any atom is 0.272 e. The van der Waals surface area contributed by atoms with Gasteiger partial charge in [-0.05, 0) is 63.7 Å². The first kappa shape index (κ1) is 19.5. The summed E-state index contributed by atoms with van der Waals surface area (Å²) in [6.45, 7) is 3.12. The van der Waals surface area contributed by atoms with Gasteiger partial charge in [-0.3, -0.25) is 4.79 Å². The molecule has 1 atom stereocenters. The van der Waals surface area contributed by atoms with Crippen LogP contribution in [0.1, 0.15) is 53.6 Å². The van der Waals surface area contributed by atoms with E-state index in [2.05, 4.69) is 26.8 Å². The van der Waals surface area contributed by atoms with Crippen molar-refractivity contribution < 1.29 is 9.53 Å². The Morgan fingerprint density at radius 2 is 2.00 bits per heavy atom. The van der Waals surface area contributed by atoms with Crippen molar-refractivity contribution in [1.82, 2.24) is 19.6 Å². The van der Waals surface area contributed by atoms with Gasteiger partial charge in [0.05, 0.1) is 18.2 Å². The minimum atomic E-state index is -0.126. The number of carbonyl (C=O) groups is 1. The van der Waals surface area contributed by atoms with Gasteiger partial charge in [0.1, 0.15) is 11.6 Å². The lowest BCUT2D eigenvalue weighted by Gasteiger charge is -2.25. The Morgan fingerprint density at radius 1 is 1.24 bits per heavy atom. The van der Waals surface area contributed by atoms with Gasteiger partial charge < -0.3 is 19.4 Å². The number of benzene rings is 1. The molecule has 152 valence electrons. The number of ether oxygens (including phenoxy) is 1. The van der Waals surface area contributed by atoms with E-state index in [-0.39, 0.29) is 11.9 Å². The molecule has 0 bridgehead atoms. The molecule has 6 nitrogen and oxygen atoms in total. The topological polar surface area (TPSA) is 58.9 Å². The quantitative estimate of drug-likeness (QED) is 0.636. The zero-order valence-corrected chi connectivity index (χ0v) is 17.3. The van der Waals surface area contributed by atoms with E-state index in [0.717, 1.165) is 35.5 Å². The number of fused-ring (bicyclic) bond motifs is 1. The van der Waals surface area contributed by atoms with E-state index in [1.807, 2.05) is 57.5 Å². The monoisotopic (exact) mass is 392 g/mol. The van der Waals surface area contributed by atoms with Crippen LogP contribution in [0.15, 0.2) is 48.7 Å². The molecule has 0 aliphatic heterocycles. The van der Waals surface area contributed by atoms with Crippen LogP contribution in [0.25, 0.3) is 5.52 Å². The average molecular weight is 393 g/mol. The number of rotatable bonds is 8. The summed E-state index contributed by atoms with van der Waals surface area (Å²) >= 11 is 0. The largest absolute Gasteiger partial charge is 0.494 e. The summed E-state index contributed by atoms with van der Waals surface area (Å²) in [6, 6.07) is 14.0. The fourth-order valence-corrected chi connectivity index (χ4v) is 3.68. The fourth-order valence-electron chi connectivity index (χ4n) is 3.68. The number of imidazole rings is 1. The lowest BCUT2D eigenvalue weighted by molar-refractivity contribution is 0.0939. The highest BCUT2D eigenvalue weighted by Crippen LogP contribution is 2.40. The fraction of sp³-hybridized carbons (Fsp3) is 0.391. The van der Waals surface area contributed by atoms with Crippen molar-refractivity contribution in [1.29, 1.82) is 0 Å². The third-order valence-corrected chi connectivity index (χ3v) is 5.39. The van der Waals surface area contributed by atoms with Crippen LogP contribution in [0, 0.1) is 0 Å². The predicted molar refractivity (Wildman–Crippen MR) is 114 cm³/mol. The second-order valence-corrected chi connectivity index (χ2v) is 7.74. The molecule has 1 unspecified atom stereocenters. The first-order valence-corrected chi connectivity index (χ1v) is 10.2. The van der Waals surface area contributed by atoms with E-state index >= 15 is 0 Å². The number of pyridine rings is 1. The summed E-state index contributed by atoms with van der Waals surface area (Å²) in [5, 5.41) is 3.10. The minimum Gasteiger partial charge on any atom is -0.494 e. The van der Waals surface area contributed by atoms with Gasteiger partial charge in [0, 0.05) is 18.7 Å². The van der Waals surface area contributed by atoms with Crippen LogP contribution in [0.5, 0.6) is 5.75 Å². The highest BCUT2D eigenvalue weighted by Gasteiger charge is 2.30. The summed E-state index contributed by atoms with van der Waals surface area (Å²) in [4.78, 5) is 19.8. The van der Waals surface area contributed by atoms with Gasteiger partial charge in [0.2, 0.25) is 0 Å². The molecule has 1 N–H and O–H groups in total. The molecule has 1 aromatic carbocycles. The summed E-state index contributed by atoms with van der Waals surface area (Å²) in [7, 11) is 4.04. The standard InChI is InChI=1S/C23H28N4O2/c1-4-29-18-12-10-16(11-13-18)20(26(2)3)15-24-23(28)21-19-7-5-6-14-27(19)22(25-21)17-8-9-17/h5-7,10-14,17,20H,4,8-9,15H2,1-3H3,(H,24,28). The minimum absolute atomic E-state index is 0.0615. The zero-order chi connectivity index (χ0) is 20.4. The molecular formula is C23H28N4O2. The third-order valence-electron chi connectivity index (χ3n) is 5.39. The molecule has 1 amide bonds. The highest BCUT2D eigenvalue weighted by molar-refractivity contribution is 5.99. The number of aromatic nitrogens is 2. The van der Waals surface area contributed by atoms with Gasteiger partial charge in [-0.2, -0.15) is 0 Å². The number of carbonyl (C=O) groups excluding carboxylic acids is 1. The van der Waals surface area contributed by atoms with Gasteiger partial charge in [-0.15, -0.1) is 0 Å². The molecule has 1 fully saturated rings. The van der Waals surface area contributed by atoms with E-state index in [1.165, 1.54) is 0 Å². The third kappa shape index (κ3) is 4.12. The normalized spacial score (nSPS) is 14.9. The molecule has 4 rings (SSSR count). The number of hydrogen-bond acceptors (Lipinski definition) is 4. The first-order valence-electron chi connectivity index (χ1n) is 10.2. The second kappa shape index (κ2) is 8.25. The van der Waals surface area contributed by atoms with E-state index in [4.69, 9.17) is 9.72 Å². The molecule has 1 aliphatic carbocycles. The van der Waals surface area contributed by atoms with Crippen molar-refractivity contribution in [3.63, 3.8) is 0 Å². The molecule has 0 spiro atoms. The Kier molecular flexibility index (Phi) is 5.53. The molecule has 0 saturated heterocycles. The van der Waals surface area contributed by atoms with Crippen LogP contribution in [0.3, 0.4) is 0 Å². The van der Waals surface area contributed by atoms with Crippen LogP contribution in [-0.4, -0.2) is 47.4 Å². The van der Waals surface area contributed by atoms with E-state index in [0.29, 0.717) is 24.8 Å². The lowest BCUT2D eigenvalue weighted by atomic mass is 10.1. The Balaban J connectivity index is 1.51. The van der Waals surface area contributed by atoms with Crippen LogP contribution >= 0.6 is 0 Å². The molecule has 2 aromatic heterocycles. The van der Waals surface area contributed by atoms with E-state index < -0.39 is 0 Å². The van der Waals surface area contributed by atoms with Crippen LogP contribution in [0.4, 0.5) is 0 Å². The second-order valence-electron chi connectivity index (χ2n) is 7.74. The lowest BCUT2D eigenvalue weighted by Crippen LogP contribution is -2.34. The maximum atomic E-state index is 13.0. The number of nitrogens with zero attached hydrogens (tertiary/aromatic N) is 3. The number of likely N-dealkylation sites (N-methyl/N-ethyl adjacent to an activating group) is 1. The van der Waals surface area contributed by atoms with E-state index in [1.54, 1.807) is 0 Å². The summed E-state index contributed by atoms with van der Waals surface area (Å²) in [5.74, 6) is 2.21. The number of hydrogen-bond donors (Lipinski definition) is 1. The van der Waals surface area contributed by atoms with Crippen molar-refractivity contribution >= 4 is 11.4 Å². The Morgan fingerprint density at radius 3 is 2.66 bits per heavy atom. The van der Waals surface area contributed by atoms with E-state index in [9.17, 15) is 4.79 Å². The molecule has 29 heavy (non-hydrogen) atoms. The molecule has 0 radical (unpaired) electrons. The van der Waals surface area contributed by atoms with Crippen LogP contribution in [-0.2, 0) is 0 Å². The number of nitrogens with one attached hydrogen (secondary N) is 1. The van der Waals surface area contributed by atoms with Gasteiger partial charge in [0.15, 0.2) is 5.69 Å². The SMILES string of the molecule is CCOc1ccc(C(CNC(=O)c2nc(C3CC3)n3ccccc23)N(C)C)cc1. The molecule has 1 aliphatic rings. The smallest absolute Gasteiger partial charge is 0.272 e. The van der Waals surface area contributed by atoms with Crippen LogP contribution < -0.4 is 10.1 Å². The summed E-state index contributed by atoms with van der Waals surface area (Å²) in [5.41, 5.74) is 2.51. The average Bonchev–Trinajstić information content (AvgIpc) is 3.49. The highest BCUT2D eigenvalue weighted by atomic mass is 16.5.